The Morgan fingerprint density at radius 3 is 2.56 bits per heavy atom. The Bertz CT molecular complexity index is 740. The second-order valence-electron chi connectivity index (χ2n) is 3.37. The summed E-state index contributed by atoms with van der Waals surface area (Å²) in [5.74, 6) is 0. The first-order chi connectivity index (χ1) is 8.52. The second kappa shape index (κ2) is 4.69. The fraction of sp³-hybridized carbons (Fsp3) is 0. The Morgan fingerprint density at radius 1 is 1.22 bits per heavy atom. The maximum atomic E-state index is 11.7. The van der Waals surface area contributed by atoms with Gasteiger partial charge in [0.15, 0.2) is 0 Å². The number of aromatic nitrogens is 2. The highest BCUT2D eigenvalue weighted by Gasteiger charge is 2.10. The van der Waals surface area contributed by atoms with E-state index in [0.29, 0.717) is 0 Å². The summed E-state index contributed by atoms with van der Waals surface area (Å²) in [5, 5.41) is 8.92. The number of hydrogen-bond donors (Lipinski definition) is 1. The van der Waals surface area contributed by atoms with Crippen LogP contribution in [0.5, 0.6) is 0 Å². The van der Waals surface area contributed by atoms with Gasteiger partial charge in [-0.1, -0.05) is 23.2 Å². The summed E-state index contributed by atoms with van der Waals surface area (Å²) in [7, 11) is 0. The van der Waals surface area contributed by atoms with E-state index in [1.165, 1.54) is 18.2 Å². The molecule has 1 aromatic heterocycles. The molecule has 5 nitrogen and oxygen atoms in total. The second-order valence-corrected chi connectivity index (χ2v) is 4.19. The summed E-state index contributed by atoms with van der Waals surface area (Å²) >= 11 is 11.5. The van der Waals surface area contributed by atoms with Crippen molar-refractivity contribution in [1.29, 1.82) is 5.26 Å². The molecule has 0 radical (unpaired) electrons. The molecule has 1 aromatic carbocycles. The average molecular weight is 282 g/mol. The molecule has 0 saturated carbocycles. The zero-order valence-corrected chi connectivity index (χ0v) is 10.3. The van der Waals surface area contributed by atoms with Crippen LogP contribution in [-0.4, -0.2) is 9.55 Å². The van der Waals surface area contributed by atoms with Crippen molar-refractivity contribution < 1.29 is 0 Å². The number of halogens is 2. The summed E-state index contributed by atoms with van der Waals surface area (Å²) in [4.78, 5) is 25.7. The van der Waals surface area contributed by atoms with Crippen molar-refractivity contribution >= 4 is 23.2 Å². The normalized spacial score (nSPS) is 10.1. The molecule has 0 fully saturated rings. The number of nitrogens with one attached hydrogen (secondary N) is 1. The predicted molar refractivity (Wildman–Crippen MR) is 67.4 cm³/mol. The van der Waals surface area contributed by atoms with Gasteiger partial charge in [0.2, 0.25) is 0 Å². The van der Waals surface area contributed by atoms with Gasteiger partial charge in [-0.15, -0.1) is 0 Å². The number of H-pyrrole nitrogens is 1. The molecule has 0 atom stereocenters. The van der Waals surface area contributed by atoms with E-state index in [2.05, 4.69) is 4.98 Å². The summed E-state index contributed by atoms with van der Waals surface area (Å²) in [6, 6.07) is 7.24. The summed E-state index contributed by atoms with van der Waals surface area (Å²) in [6.07, 6.45) is 0. The average Bonchev–Trinajstić information content (AvgIpc) is 2.30. The largest absolute Gasteiger partial charge is 0.334 e. The van der Waals surface area contributed by atoms with Gasteiger partial charge in [0.05, 0.1) is 22.3 Å². The SMILES string of the molecule is N#Cc1ccc(Cl)c(-n2c(=O)cc(Cl)[nH]c2=O)c1. The van der Waals surface area contributed by atoms with E-state index >= 15 is 0 Å². The first-order valence-electron chi connectivity index (χ1n) is 4.75. The van der Waals surface area contributed by atoms with E-state index in [0.717, 1.165) is 10.6 Å². The molecule has 0 aliphatic carbocycles. The lowest BCUT2D eigenvalue weighted by molar-refractivity contribution is 0.876. The molecule has 0 unspecified atom stereocenters. The number of hydrogen-bond acceptors (Lipinski definition) is 3. The van der Waals surface area contributed by atoms with E-state index in [1.54, 1.807) is 0 Å². The molecule has 0 saturated heterocycles. The molecule has 0 spiro atoms. The van der Waals surface area contributed by atoms with Gasteiger partial charge in [-0.2, -0.15) is 5.26 Å². The zero-order valence-electron chi connectivity index (χ0n) is 8.78. The Kier molecular flexibility index (Phi) is 3.24. The van der Waals surface area contributed by atoms with E-state index in [4.69, 9.17) is 28.5 Å². The maximum absolute atomic E-state index is 11.7. The van der Waals surface area contributed by atoms with Crippen LogP contribution in [0.4, 0.5) is 0 Å². The quantitative estimate of drug-likeness (QED) is 0.808. The molecule has 0 aliphatic heterocycles. The fourth-order valence-corrected chi connectivity index (χ4v) is 1.83. The van der Waals surface area contributed by atoms with Crippen LogP contribution in [0.25, 0.3) is 5.69 Å². The molecule has 2 rings (SSSR count). The fourth-order valence-electron chi connectivity index (χ4n) is 1.45. The van der Waals surface area contributed by atoms with Crippen LogP contribution >= 0.6 is 23.2 Å². The molecule has 1 heterocycles. The molecule has 1 N–H and O–H groups in total. The first kappa shape index (κ1) is 12.4. The molecule has 18 heavy (non-hydrogen) atoms. The monoisotopic (exact) mass is 281 g/mol. The molecule has 7 heteroatoms. The highest BCUT2D eigenvalue weighted by atomic mass is 35.5. The Morgan fingerprint density at radius 2 is 1.94 bits per heavy atom. The highest BCUT2D eigenvalue weighted by Crippen LogP contribution is 2.19. The smallest absolute Gasteiger partial charge is 0.297 e. The Balaban J connectivity index is 2.82. The number of benzene rings is 1. The number of aromatic amines is 1. The third kappa shape index (κ3) is 2.16. The van der Waals surface area contributed by atoms with Crippen LogP contribution in [0.2, 0.25) is 10.2 Å². The topological polar surface area (TPSA) is 78.7 Å². The van der Waals surface area contributed by atoms with Crippen LogP contribution in [0.3, 0.4) is 0 Å². The lowest BCUT2D eigenvalue weighted by atomic mass is 10.2. The zero-order chi connectivity index (χ0) is 13.3. The van der Waals surface area contributed by atoms with Gasteiger partial charge in [-0.3, -0.25) is 9.78 Å². The third-order valence-electron chi connectivity index (χ3n) is 2.22. The molecule has 2 aromatic rings. The molecule has 0 bridgehead atoms. The first-order valence-corrected chi connectivity index (χ1v) is 5.50. The summed E-state index contributed by atoms with van der Waals surface area (Å²) < 4.78 is 0.815. The van der Waals surface area contributed by atoms with Crippen LogP contribution in [0, 0.1) is 11.3 Å². The summed E-state index contributed by atoms with van der Waals surface area (Å²) in [5.41, 5.74) is -0.917. The molecule has 0 aliphatic rings. The standard InChI is InChI=1S/C11H5Cl2N3O2/c12-7-2-1-6(5-14)3-8(7)16-10(17)4-9(13)15-11(16)18/h1-4H,(H,15,18). The van der Waals surface area contributed by atoms with E-state index < -0.39 is 11.2 Å². The number of rotatable bonds is 1. The van der Waals surface area contributed by atoms with Crippen molar-refractivity contribution in [3.8, 4) is 11.8 Å². The van der Waals surface area contributed by atoms with E-state index in [-0.39, 0.29) is 21.4 Å². The van der Waals surface area contributed by atoms with Crippen molar-refractivity contribution in [3.63, 3.8) is 0 Å². The van der Waals surface area contributed by atoms with Gasteiger partial charge in [-0.25, -0.2) is 9.36 Å². The summed E-state index contributed by atoms with van der Waals surface area (Å²) in [6.45, 7) is 0. The van der Waals surface area contributed by atoms with Crippen LogP contribution in [-0.2, 0) is 0 Å². The Hall–Kier alpha value is -2.03. The molecular weight excluding hydrogens is 277 g/mol. The van der Waals surface area contributed by atoms with E-state index in [1.807, 2.05) is 6.07 Å². The van der Waals surface area contributed by atoms with Gasteiger partial charge in [0.25, 0.3) is 5.56 Å². The molecule has 0 amide bonds. The van der Waals surface area contributed by atoms with Crippen LogP contribution < -0.4 is 11.2 Å². The van der Waals surface area contributed by atoms with Gasteiger partial charge >= 0.3 is 5.69 Å². The molecule has 90 valence electrons. The molecular formula is C11H5Cl2N3O2. The maximum Gasteiger partial charge on any atom is 0.334 e. The van der Waals surface area contributed by atoms with Gasteiger partial charge < -0.3 is 0 Å². The lowest BCUT2D eigenvalue weighted by Crippen LogP contribution is -2.33. The van der Waals surface area contributed by atoms with Crippen molar-refractivity contribution in [2.24, 2.45) is 0 Å². The minimum absolute atomic E-state index is 0.0613. The number of nitriles is 1. The Labute approximate surface area is 111 Å². The third-order valence-corrected chi connectivity index (χ3v) is 2.74. The van der Waals surface area contributed by atoms with Crippen molar-refractivity contribution in [2.45, 2.75) is 0 Å². The van der Waals surface area contributed by atoms with Crippen LogP contribution in [0.15, 0.2) is 33.9 Å². The number of nitrogens with zero attached hydrogens (tertiary/aromatic N) is 2. The van der Waals surface area contributed by atoms with Crippen LogP contribution in [0.1, 0.15) is 5.56 Å². The van der Waals surface area contributed by atoms with Gasteiger partial charge in [0.1, 0.15) is 5.15 Å². The highest BCUT2D eigenvalue weighted by molar-refractivity contribution is 6.32. The van der Waals surface area contributed by atoms with Gasteiger partial charge in [-0.05, 0) is 18.2 Å². The van der Waals surface area contributed by atoms with Crippen molar-refractivity contribution in [3.05, 3.63) is 60.8 Å². The lowest BCUT2D eigenvalue weighted by Gasteiger charge is -2.06. The minimum atomic E-state index is -0.718. The van der Waals surface area contributed by atoms with Crippen molar-refractivity contribution in [2.75, 3.05) is 0 Å². The minimum Gasteiger partial charge on any atom is -0.297 e. The van der Waals surface area contributed by atoms with Crippen molar-refractivity contribution in [1.82, 2.24) is 9.55 Å². The van der Waals surface area contributed by atoms with Gasteiger partial charge in [0, 0.05) is 6.07 Å². The predicted octanol–water partition coefficient (Wildman–Crippen LogP) is 1.70. The van der Waals surface area contributed by atoms with E-state index in [9.17, 15) is 9.59 Å².